The molecule has 0 bridgehead atoms. The number of allylic oxidation sites excluding steroid dienone is 6. The molecule has 2 rings (SSSR count). The number of hydrogen-bond acceptors (Lipinski definition) is 4. The van der Waals surface area contributed by atoms with E-state index in [0.29, 0.717) is 5.70 Å². The van der Waals surface area contributed by atoms with Crippen molar-refractivity contribution in [3.8, 4) is 0 Å². The van der Waals surface area contributed by atoms with Gasteiger partial charge in [-0.15, -0.1) is 0 Å². The molecule has 0 spiro atoms. The van der Waals surface area contributed by atoms with Crippen LogP contribution in [0.15, 0.2) is 108 Å². The number of fused-ring (bicyclic) bond motifs is 1. The Morgan fingerprint density at radius 1 is 0.857 bits per heavy atom. The molecule has 0 amide bonds. The van der Waals surface area contributed by atoms with Gasteiger partial charge in [0.05, 0.1) is 5.82 Å². The van der Waals surface area contributed by atoms with E-state index in [1.807, 2.05) is 31.4 Å². The minimum absolute atomic E-state index is 0.237. The number of hydrogen-bond donors (Lipinski definition) is 4. The molecule has 0 aromatic heterocycles. The predicted octanol–water partition coefficient (Wildman–Crippen LogP) is 4.10. The molecule has 4 nitrogen and oxygen atoms in total. The standard InChI is InChI=1S/C14H24N4.C10H8/c1-3-4-5-7-12(8-6-11-18-2)13(15)9-10-14(16)17;1-2-6-10-8-4-3-7-9(10)5-1/h4-10,18H,3,11,15-17H2,1-2H3;1-8H/b5-4+,8-6+,12-7+,13-9-;. The van der Waals surface area contributed by atoms with Crippen molar-refractivity contribution in [1.82, 2.24) is 5.32 Å². The Bertz CT molecular complexity index is 788. The van der Waals surface area contributed by atoms with Crippen molar-refractivity contribution < 1.29 is 0 Å². The molecular formula is C24H32N4. The van der Waals surface area contributed by atoms with Gasteiger partial charge >= 0.3 is 0 Å². The number of likely N-dealkylation sites (N-methyl/N-ethyl adjacent to an activating group) is 1. The van der Waals surface area contributed by atoms with Crippen LogP contribution in [0.1, 0.15) is 13.3 Å². The maximum Gasteiger partial charge on any atom is 0.0934 e. The highest BCUT2D eigenvalue weighted by molar-refractivity contribution is 5.82. The Labute approximate surface area is 168 Å². The van der Waals surface area contributed by atoms with Crippen LogP contribution in [-0.4, -0.2) is 13.6 Å². The fourth-order valence-electron chi connectivity index (χ4n) is 2.27. The molecule has 2 aromatic rings. The molecule has 0 aliphatic rings. The maximum absolute atomic E-state index is 5.96. The van der Waals surface area contributed by atoms with Crippen molar-refractivity contribution in [3.05, 3.63) is 108 Å². The van der Waals surface area contributed by atoms with Crippen LogP contribution in [0.25, 0.3) is 10.8 Å². The zero-order valence-electron chi connectivity index (χ0n) is 16.8. The van der Waals surface area contributed by atoms with Crippen LogP contribution in [0.3, 0.4) is 0 Å². The van der Waals surface area contributed by atoms with Gasteiger partial charge in [-0.3, -0.25) is 0 Å². The van der Waals surface area contributed by atoms with Gasteiger partial charge in [0, 0.05) is 12.2 Å². The highest BCUT2D eigenvalue weighted by Gasteiger charge is 1.94. The van der Waals surface area contributed by atoms with E-state index < -0.39 is 0 Å². The SMILES string of the molecule is CC/C=C/C=C(\C=C\CNC)C(/N)=C/C=C(N)N.c1ccc2ccccc2c1. The summed E-state index contributed by atoms with van der Waals surface area (Å²) in [4.78, 5) is 0. The van der Waals surface area contributed by atoms with E-state index >= 15 is 0 Å². The van der Waals surface area contributed by atoms with E-state index in [1.54, 1.807) is 12.2 Å². The minimum atomic E-state index is 0.237. The summed E-state index contributed by atoms with van der Waals surface area (Å²) in [5.41, 5.74) is 18.2. The Morgan fingerprint density at radius 3 is 1.89 bits per heavy atom. The summed E-state index contributed by atoms with van der Waals surface area (Å²) in [5, 5.41) is 5.66. The van der Waals surface area contributed by atoms with Crippen molar-refractivity contribution in [2.75, 3.05) is 13.6 Å². The molecule has 4 heteroatoms. The van der Waals surface area contributed by atoms with Crippen molar-refractivity contribution in [2.24, 2.45) is 17.2 Å². The summed E-state index contributed by atoms with van der Waals surface area (Å²) in [6, 6.07) is 16.7. The first-order valence-electron chi connectivity index (χ1n) is 9.39. The van der Waals surface area contributed by atoms with Gasteiger partial charge in [0.25, 0.3) is 0 Å². The normalized spacial score (nSPS) is 12.2. The second kappa shape index (κ2) is 13.9. The summed E-state index contributed by atoms with van der Waals surface area (Å²) in [7, 11) is 1.89. The van der Waals surface area contributed by atoms with Crippen LogP contribution >= 0.6 is 0 Å². The average Bonchev–Trinajstić information content (AvgIpc) is 2.71. The summed E-state index contributed by atoms with van der Waals surface area (Å²) in [6.07, 6.45) is 14.2. The van der Waals surface area contributed by atoms with Gasteiger partial charge < -0.3 is 22.5 Å². The Hall–Kier alpha value is -3.24. The van der Waals surface area contributed by atoms with Gasteiger partial charge in [-0.05, 0) is 42.0 Å². The molecular weight excluding hydrogens is 344 g/mol. The van der Waals surface area contributed by atoms with Crippen LogP contribution in [0.2, 0.25) is 0 Å². The summed E-state index contributed by atoms with van der Waals surface area (Å²) in [5.74, 6) is 0.237. The van der Waals surface area contributed by atoms with Crippen LogP contribution in [0, 0.1) is 0 Å². The zero-order valence-corrected chi connectivity index (χ0v) is 16.8. The highest BCUT2D eigenvalue weighted by Crippen LogP contribution is 2.11. The molecule has 0 unspecified atom stereocenters. The third-order valence-electron chi connectivity index (χ3n) is 3.71. The molecule has 28 heavy (non-hydrogen) atoms. The predicted molar refractivity (Wildman–Crippen MR) is 123 cm³/mol. The first kappa shape index (κ1) is 22.8. The molecule has 0 saturated carbocycles. The summed E-state index contributed by atoms with van der Waals surface area (Å²) in [6.45, 7) is 2.87. The van der Waals surface area contributed by atoms with Crippen LogP contribution in [-0.2, 0) is 0 Å². The lowest BCUT2D eigenvalue weighted by Gasteiger charge is -2.01. The van der Waals surface area contributed by atoms with Gasteiger partial charge in [-0.2, -0.15) is 0 Å². The fraction of sp³-hybridized carbons (Fsp3) is 0.167. The molecule has 0 aliphatic heterocycles. The fourth-order valence-corrected chi connectivity index (χ4v) is 2.27. The Morgan fingerprint density at radius 2 is 1.43 bits per heavy atom. The molecule has 148 valence electrons. The van der Waals surface area contributed by atoms with Crippen LogP contribution < -0.4 is 22.5 Å². The Kier molecular flexibility index (Phi) is 11.3. The van der Waals surface area contributed by atoms with E-state index in [9.17, 15) is 0 Å². The van der Waals surface area contributed by atoms with Crippen molar-refractivity contribution in [2.45, 2.75) is 13.3 Å². The van der Waals surface area contributed by atoms with E-state index in [1.165, 1.54) is 10.8 Å². The summed E-state index contributed by atoms with van der Waals surface area (Å²) < 4.78 is 0. The van der Waals surface area contributed by atoms with Crippen LogP contribution in [0.4, 0.5) is 0 Å². The lowest BCUT2D eigenvalue weighted by molar-refractivity contribution is 0.919. The number of nitrogens with one attached hydrogen (secondary N) is 1. The topological polar surface area (TPSA) is 90.1 Å². The number of rotatable bonds is 7. The van der Waals surface area contributed by atoms with E-state index in [4.69, 9.17) is 17.2 Å². The average molecular weight is 377 g/mol. The second-order valence-corrected chi connectivity index (χ2v) is 6.05. The minimum Gasteiger partial charge on any atom is -0.398 e. The first-order chi connectivity index (χ1) is 13.6. The van der Waals surface area contributed by atoms with Gasteiger partial charge in [-0.25, -0.2) is 0 Å². The molecule has 0 aliphatic carbocycles. The van der Waals surface area contributed by atoms with E-state index in [0.717, 1.165) is 18.5 Å². The number of nitrogens with two attached hydrogens (primary N) is 3. The highest BCUT2D eigenvalue weighted by atomic mass is 14.8. The van der Waals surface area contributed by atoms with Gasteiger partial charge in [0.2, 0.25) is 0 Å². The molecule has 0 radical (unpaired) electrons. The number of benzene rings is 2. The molecule has 0 atom stereocenters. The Balaban J connectivity index is 0.000000324. The van der Waals surface area contributed by atoms with Crippen LogP contribution in [0.5, 0.6) is 0 Å². The quantitative estimate of drug-likeness (QED) is 0.548. The van der Waals surface area contributed by atoms with Crippen molar-refractivity contribution in [3.63, 3.8) is 0 Å². The van der Waals surface area contributed by atoms with Crippen molar-refractivity contribution >= 4 is 10.8 Å². The van der Waals surface area contributed by atoms with Gasteiger partial charge in [-0.1, -0.05) is 85.8 Å². The third kappa shape index (κ3) is 9.46. The molecule has 2 aromatic carbocycles. The third-order valence-corrected chi connectivity index (χ3v) is 3.71. The van der Waals surface area contributed by atoms with E-state index in [2.05, 4.69) is 66.8 Å². The first-order valence-corrected chi connectivity index (χ1v) is 9.39. The molecule has 0 heterocycles. The summed E-state index contributed by atoms with van der Waals surface area (Å²) >= 11 is 0. The van der Waals surface area contributed by atoms with E-state index in [-0.39, 0.29) is 5.82 Å². The van der Waals surface area contributed by atoms with Gasteiger partial charge in [0.1, 0.15) is 0 Å². The van der Waals surface area contributed by atoms with Crippen molar-refractivity contribution in [1.29, 1.82) is 0 Å². The van der Waals surface area contributed by atoms with Gasteiger partial charge in [0.15, 0.2) is 0 Å². The lowest BCUT2D eigenvalue weighted by Crippen LogP contribution is -2.08. The monoisotopic (exact) mass is 376 g/mol. The largest absolute Gasteiger partial charge is 0.398 e. The smallest absolute Gasteiger partial charge is 0.0934 e. The zero-order chi connectivity index (χ0) is 20.6. The molecule has 0 saturated heterocycles. The molecule has 7 N–H and O–H groups in total. The lowest BCUT2D eigenvalue weighted by atomic mass is 10.1. The second-order valence-electron chi connectivity index (χ2n) is 6.05. The molecule has 0 fully saturated rings. The maximum atomic E-state index is 5.96.